The molecule has 0 bridgehead atoms. The number of esters is 2. The number of aliphatic hydroxyl groups excluding tert-OH is 1. The van der Waals surface area contributed by atoms with E-state index in [-0.39, 0.29) is 43.2 Å². The number of Topliss-reactive ketones (excluding diaryl/α,β-unsaturated/α-hetero) is 1. The number of benzene rings is 1. The highest BCUT2D eigenvalue weighted by molar-refractivity contribution is 6.01. The van der Waals surface area contributed by atoms with Crippen LogP contribution in [-0.2, 0) is 44.6 Å². The molecule has 15 heteroatoms. The molecule has 14 nitrogen and oxygen atoms in total. The van der Waals surface area contributed by atoms with Crippen molar-refractivity contribution in [2.24, 2.45) is 22.7 Å². The maximum Gasteiger partial charge on any atom is 0.338 e. The predicted molar refractivity (Wildman–Crippen MR) is 180 cm³/mol. The van der Waals surface area contributed by atoms with Crippen LogP contribution in [0.2, 0.25) is 0 Å². The molecule has 0 aromatic heterocycles. The quantitative estimate of drug-likeness (QED) is 0.148. The third-order valence-electron chi connectivity index (χ3n) is 12.2. The van der Waals surface area contributed by atoms with Crippen molar-refractivity contribution in [3.8, 4) is 5.75 Å². The van der Waals surface area contributed by atoms with Crippen molar-refractivity contribution >= 4 is 23.5 Å². The summed E-state index contributed by atoms with van der Waals surface area (Å²) in [7, 11) is 1.38. The molecule has 8 atom stereocenters. The number of unbranched alkanes of at least 4 members (excludes halogenated alkanes) is 1. The normalized spacial score (nSPS) is 35.1. The van der Waals surface area contributed by atoms with E-state index in [0.717, 1.165) is 0 Å². The summed E-state index contributed by atoms with van der Waals surface area (Å²) in [6, 6.07) is 4.41. The second-order valence-corrected chi connectivity index (χ2v) is 15.6. The van der Waals surface area contributed by atoms with Crippen LogP contribution in [0.1, 0.15) is 82.1 Å². The summed E-state index contributed by atoms with van der Waals surface area (Å²) < 4.78 is 46.7. The van der Waals surface area contributed by atoms with Crippen LogP contribution in [0.15, 0.2) is 42.0 Å². The molecule has 290 valence electrons. The lowest BCUT2D eigenvalue weighted by atomic mass is 9.44. The molecule has 6 rings (SSSR count). The van der Waals surface area contributed by atoms with Crippen molar-refractivity contribution < 1.29 is 67.6 Å². The molecule has 4 aliphatic carbocycles. The lowest BCUT2D eigenvalue weighted by Gasteiger charge is -2.62. The van der Waals surface area contributed by atoms with Crippen LogP contribution in [0.5, 0.6) is 5.75 Å². The van der Waals surface area contributed by atoms with Crippen molar-refractivity contribution in [2.75, 3.05) is 26.9 Å². The van der Waals surface area contributed by atoms with Crippen LogP contribution >= 0.6 is 0 Å². The number of aliphatic hydroxyl groups is 1. The lowest BCUT2D eigenvalue weighted by Crippen LogP contribution is -2.70. The molecule has 1 aromatic carbocycles. The van der Waals surface area contributed by atoms with Crippen LogP contribution < -0.4 is 4.74 Å². The smallest absolute Gasteiger partial charge is 0.338 e. The number of halogens is 1. The Morgan fingerprint density at radius 3 is 2.51 bits per heavy atom. The molecule has 1 aliphatic heterocycles. The number of allylic oxidation sites excluding steroid dienone is 4. The van der Waals surface area contributed by atoms with Gasteiger partial charge in [-0.25, -0.2) is 9.18 Å². The van der Waals surface area contributed by atoms with Gasteiger partial charge < -0.3 is 28.8 Å². The first-order valence-corrected chi connectivity index (χ1v) is 17.9. The highest BCUT2D eigenvalue weighted by atomic mass is 19.1. The molecule has 1 unspecified atom stereocenters. The first kappa shape index (κ1) is 39.1. The maximum atomic E-state index is 17.7. The molecule has 53 heavy (non-hydrogen) atoms. The summed E-state index contributed by atoms with van der Waals surface area (Å²) in [5.74, 6) is -4.17. The number of methoxy groups -OCH3 is 1. The number of fused-ring (bicyclic) bond motifs is 7. The van der Waals surface area contributed by atoms with Gasteiger partial charge in [-0.3, -0.25) is 29.6 Å². The summed E-state index contributed by atoms with van der Waals surface area (Å²) in [5.41, 5.74) is -4.79. The Labute approximate surface area is 306 Å². The molecule has 0 spiro atoms. The van der Waals surface area contributed by atoms with Gasteiger partial charge in [-0.15, -0.1) is 0 Å². The average molecular weight is 746 g/mol. The Bertz CT molecular complexity index is 1710. The highest BCUT2D eigenvalue weighted by Gasteiger charge is 2.80. The monoisotopic (exact) mass is 745 g/mol. The molecule has 0 radical (unpaired) electrons. The summed E-state index contributed by atoms with van der Waals surface area (Å²) in [5, 5.41) is 28.5. The van der Waals surface area contributed by atoms with Gasteiger partial charge in [0, 0.05) is 22.3 Å². The number of ether oxygens (including phenoxy) is 5. The van der Waals surface area contributed by atoms with Crippen molar-refractivity contribution in [3.05, 3.63) is 53.1 Å². The van der Waals surface area contributed by atoms with Crippen LogP contribution in [0.3, 0.4) is 0 Å². The van der Waals surface area contributed by atoms with Gasteiger partial charge in [0.2, 0.25) is 5.78 Å². The first-order chi connectivity index (χ1) is 24.9. The van der Waals surface area contributed by atoms with Gasteiger partial charge >= 0.3 is 11.9 Å². The van der Waals surface area contributed by atoms with Crippen molar-refractivity contribution in [3.63, 3.8) is 0 Å². The van der Waals surface area contributed by atoms with E-state index in [1.54, 1.807) is 26.8 Å². The van der Waals surface area contributed by atoms with E-state index < -0.39 is 81.6 Å². The zero-order valence-electron chi connectivity index (χ0n) is 30.6. The Balaban J connectivity index is 1.14. The number of rotatable bonds is 13. The standard InChI is InChI=1S/C38H48FNO13/c1-34(2)52-31-19-27-26-11-10-24-18-25(41)12-13-35(24,3)37(26,39)29(42)20-36(27,4)38(31,53-34)30(43)21-50-32(44)17-22-8-9-23(16-28(22)48-5)33(45)49-14-6-7-15-51-40(46)47/h8-9,12-13,16,18,26-27,29,31,42,46-47H,6-7,10-11,14-15,17,19-21H2,1-5H3/t26?,27-,29-,31+,35-,36-,37-,38+/m0/s1. The largest absolute Gasteiger partial charge is 0.496 e. The minimum Gasteiger partial charge on any atom is -0.496 e. The first-order valence-electron chi connectivity index (χ1n) is 17.9. The van der Waals surface area contributed by atoms with E-state index in [9.17, 15) is 24.3 Å². The van der Waals surface area contributed by atoms with Crippen molar-refractivity contribution in [1.82, 2.24) is 5.39 Å². The average Bonchev–Trinajstić information content (AvgIpc) is 3.51. The van der Waals surface area contributed by atoms with E-state index in [0.29, 0.717) is 43.2 Å². The second-order valence-electron chi connectivity index (χ2n) is 15.6. The maximum absolute atomic E-state index is 17.7. The number of carbonyl (C=O) groups is 4. The minimum atomic E-state index is -2.10. The third-order valence-corrected chi connectivity index (χ3v) is 12.2. The Morgan fingerprint density at radius 1 is 1.06 bits per heavy atom. The highest BCUT2D eigenvalue weighted by Crippen LogP contribution is 2.72. The fourth-order valence-corrected chi connectivity index (χ4v) is 9.88. The molecule has 1 aromatic rings. The fourth-order valence-electron chi connectivity index (χ4n) is 9.88. The van der Waals surface area contributed by atoms with Crippen LogP contribution in [-0.4, -0.2) is 101 Å². The fraction of sp³-hybridized carbons (Fsp3) is 0.632. The molecule has 1 heterocycles. The van der Waals surface area contributed by atoms with Crippen LogP contribution in [0.4, 0.5) is 4.39 Å². The number of nitrogens with zero attached hydrogens (tertiary/aromatic N) is 1. The van der Waals surface area contributed by atoms with Gasteiger partial charge in [-0.05, 0) is 89.5 Å². The summed E-state index contributed by atoms with van der Waals surface area (Å²) in [4.78, 5) is 56.8. The summed E-state index contributed by atoms with van der Waals surface area (Å²) in [6.45, 7) is 6.37. The number of ketones is 2. The van der Waals surface area contributed by atoms with E-state index in [1.807, 2.05) is 6.92 Å². The summed E-state index contributed by atoms with van der Waals surface area (Å²) >= 11 is 0. The van der Waals surface area contributed by atoms with E-state index in [4.69, 9.17) is 34.1 Å². The summed E-state index contributed by atoms with van der Waals surface area (Å²) in [6.07, 6.45) is 3.68. The molecule has 0 amide bonds. The predicted octanol–water partition coefficient (Wildman–Crippen LogP) is 4.17. The number of carbonyl (C=O) groups excluding carboxylic acids is 4. The number of hydrogen-bond donors (Lipinski definition) is 3. The molecule has 3 saturated carbocycles. The molecular weight excluding hydrogens is 697 g/mol. The SMILES string of the molecule is COc1cc(C(=O)OCCCCON(O)O)ccc1CC(=O)OCC(=O)[C@@]12OC(C)(C)O[C@@H]1C[C@H]1C3CCC4=CC(=O)C=C[C@]4(C)[C@@]3(F)[C@@H](O)C[C@@]12C. The Hall–Kier alpha value is -3.57. The molecule has 1 saturated heterocycles. The van der Waals surface area contributed by atoms with Crippen molar-refractivity contribution in [2.45, 2.75) is 102 Å². The van der Waals surface area contributed by atoms with Crippen molar-refractivity contribution in [1.29, 1.82) is 0 Å². The topological polar surface area (TPSA) is 188 Å². The van der Waals surface area contributed by atoms with Gasteiger partial charge in [0.05, 0.1) is 49.9 Å². The van der Waals surface area contributed by atoms with E-state index >= 15 is 4.39 Å². The van der Waals surface area contributed by atoms with E-state index in [2.05, 4.69) is 4.84 Å². The Kier molecular flexibility index (Phi) is 10.5. The van der Waals surface area contributed by atoms with Gasteiger partial charge in [0.15, 0.2) is 29.4 Å². The molecular formula is C38H48FNO13. The van der Waals surface area contributed by atoms with Gasteiger partial charge in [-0.1, -0.05) is 24.6 Å². The van der Waals surface area contributed by atoms with Gasteiger partial charge in [0.25, 0.3) is 0 Å². The van der Waals surface area contributed by atoms with Gasteiger partial charge in [-0.2, -0.15) is 0 Å². The van der Waals surface area contributed by atoms with E-state index in [1.165, 1.54) is 37.5 Å². The second kappa shape index (κ2) is 14.3. The third kappa shape index (κ3) is 6.53. The van der Waals surface area contributed by atoms with Gasteiger partial charge in [0.1, 0.15) is 5.75 Å². The lowest BCUT2D eigenvalue weighted by molar-refractivity contribution is -0.492. The zero-order valence-corrected chi connectivity index (χ0v) is 30.6. The Morgan fingerprint density at radius 2 is 1.79 bits per heavy atom. The molecule has 5 aliphatic rings. The number of hydrogen-bond acceptors (Lipinski definition) is 14. The number of alkyl halides is 1. The zero-order chi connectivity index (χ0) is 38.6. The van der Waals surface area contributed by atoms with Crippen LogP contribution in [0, 0.1) is 22.7 Å². The minimum absolute atomic E-state index is 0.0133. The van der Waals surface area contributed by atoms with Crippen LogP contribution in [0.25, 0.3) is 0 Å². The molecule has 4 fully saturated rings. The molecule has 3 N–H and O–H groups in total.